The van der Waals surface area contributed by atoms with E-state index < -0.39 is 11.6 Å². The normalized spacial score (nSPS) is 10.2. The average Bonchev–Trinajstić information content (AvgIpc) is 2.10. The molecule has 1 rings (SSSR count). The largest absolute Gasteiger partial charge is 0.294 e. The van der Waals surface area contributed by atoms with E-state index in [4.69, 9.17) is 11.6 Å². The molecule has 0 unspecified atom stereocenters. The van der Waals surface area contributed by atoms with Crippen molar-refractivity contribution in [1.29, 1.82) is 0 Å². The van der Waals surface area contributed by atoms with Gasteiger partial charge < -0.3 is 0 Å². The molecule has 0 N–H and O–H groups in total. The Morgan fingerprint density at radius 3 is 2.62 bits per heavy atom. The van der Waals surface area contributed by atoms with Gasteiger partial charge in [0.2, 0.25) is 0 Å². The smallest absolute Gasteiger partial charge is 0.164 e. The standard InChI is InChI=1S/C9H7ClF2O/c1-2-8(13)6-3-5(11)4-7(12)9(6)10/h3-4H,2H2,1H3. The van der Waals surface area contributed by atoms with Crippen LogP contribution in [0.15, 0.2) is 12.1 Å². The van der Waals surface area contributed by atoms with Gasteiger partial charge in [-0.15, -0.1) is 0 Å². The predicted molar refractivity (Wildman–Crippen MR) is 46.0 cm³/mol. The number of benzene rings is 1. The summed E-state index contributed by atoms with van der Waals surface area (Å²) in [4.78, 5) is 11.1. The quantitative estimate of drug-likeness (QED) is 0.534. The number of halogens is 3. The molecular weight excluding hydrogens is 198 g/mol. The molecule has 1 nitrogen and oxygen atoms in total. The third-order valence-electron chi connectivity index (χ3n) is 1.61. The van der Waals surface area contributed by atoms with Crippen LogP contribution in [0.4, 0.5) is 8.78 Å². The van der Waals surface area contributed by atoms with Crippen molar-refractivity contribution in [3.05, 3.63) is 34.4 Å². The van der Waals surface area contributed by atoms with E-state index in [-0.39, 0.29) is 22.8 Å². The zero-order valence-corrected chi connectivity index (χ0v) is 7.66. The summed E-state index contributed by atoms with van der Waals surface area (Å²) in [5, 5.41) is -0.312. The monoisotopic (exact) mass is 204 g/mol. The molecule has 0 aliphatic carbocycles. The van der Waals surface area contributed by atoms with Crippen molar-refractivity contribution in [2.75, 3.05) is 0 Å². The molecule has 0 aromatic heterocycles. The van der Waals surface area contributed by atoms with E-state index in [1.54, 1.807) is 6.92 Å². The van der Waals surface area contributed by atoms with Crippen molar-refractivity contribution < 1.29 is 13.6 Å². The van der Waals surface area contributed by atoms with Crippen LogP contribution < -0.4 is 0 Å². The van der Waals surface area contributed by atoms with Crippen molar-refractivity contribution in [2.45, 2.75) is 13.3 Å². The molecule has 0 amide bonds. The van der Waals surface area contributed by atoms with Gasteiger partial charge in [0.15, 0.2) is 5.78 Å². The number of carbonyl (C=O) groups is 1. The Labute approximate surface area is 79.3 Å². The Balaban J connectivity index is 3.28. The first-order valence-electron chi connectivity index (χ1n) is 3.74. The fraction of sp³-hybridized carbons (Fsp3) is 0.222. The van der Waals surface area contributed by atoms with Gasteiger partial charge in [-0.3, -0.25) is 4.79 Å². The van der Waals surface area contributed by atoms with Crippen LogP contribution in [0.1, 0.15) is 23.7 Å². The maximum Gasteiger partial charge on any atom is 0.164 e. The van der Waals surface area contributed by atoms with Gasteiger partial charge in [-0.2, -0.15) is 0 Å². The third-order valence-corrected chi connectivity index (χ3v) is 2.00. The van der Waals surface area contributed by atoms with Gasteiger partial charge in [-0.05, 0) is 6.07 Å². The summed E-state index contributed by atoms with van der Waals surface area (Å²) in [6.07, 6.45) is 0.169. The first-order chi connectivity index (χ1) is 6.06. The van der Waals surface area contributed by atoms with Crippen molar-refractivity contribution in [3.8, 4) is 0 Å². The highest BCUT2D eigenvalue weighted by molar-refractivity contribution is 6.34. The number of hydrogen-bond donors (Lipinski definition) is 0. The lowest BCUT2D eigenvalue weighted by Gasteiger charge is -2.02. The zero-order chi connectivity index (χ0) is 10.0. The molecule has 1 aromatic rings. The molecular formula is C9H7ClF2O. The lowest BCUT2D eigenvalue weighted by atomic mass is 10.1. The molecule has 0 heterocycles. The summed E-state index contributed by atoms with van der Waals surface area (Å²) in [5.41, 5.74) is -0.0957. The van der Waals surface area contributed by atoms with E-state index in [1.165, 1.54) is 0 Å². The second kappa shape index (κ2) is 3.83. The van der Waals surface area contributed by atoms with Gasteiger partial charge in [0.1, 0.15) is 11.6 Å². The summed E-state index contributed by atoms with van der Waals surface area (Å²) in [6, 6.07) is 1.59. The molecule has 0 aliphatic heterocycles. The van der Waals surface area contributed by atoms with Crippen LogP contribution in [-0.4, -0.2) is 5.78 Å². The van der Waals surface area contributed by atoms with E-state index in [0.29, 0.717) is 6.07 Å². The SMILES string of the molecule is CCC(=O)c1cc(F)cc(F)c1Cl. The first-order valence-corrected chi connectivity index (χ1v) is 4.11. The van der Waals surface area contributed by atoms with Crippen LogP contribution in [0.25, 0.3) is 0 Å². The Morgan fingerprint density at radius 1 is 1.46 bits per heavy atom. The average molecular weight is 205 g/mol. The van der Waals surface area contributed by atoms with Crippen molar-refractivity contribution in [3.63, 3.8) is 0 Å². The second-order valence-electron chi connectivity index (χ2n) is 2.53. The van der Waals surface area contributed by atoms with Gasteiger partial charge in [0.25, 0.3) is 0 Å². The van der Waals surface area contributed by atoms with E-state index in [2.05, 4.69) is 0 Å². The van der Waals surface area contributed by atoms with Crippen molar-refractivity contribution in [1.82, 2.24) is 0 Å². The zero-order valence-electron chi connectivity index (χ0n) is 6.90. The minimum atomic E-state index is -0.904. The Kier molecular flexibility index (Phi) is 2.98. The minimum absolute atomic E-state index is 0.0957. The van der Waals surface area contributed by atoms with Crippen LogP contribution in [0, 0.1) is 11.6 Å². The van der Waals surface area contributed by atoms with Crippen molar-refractivity contribution in [2.24, 2.45) is 0 Å². The van der Waals surface area contributed by atoms with Gasteiger partial charge in [0, 0.05) is 18.1 Å². The van der Waals surface area contributed by atoms with Crippen LogP contribution in [-0.2, 0) is 0 Å². The Hall–Kier alpha value is -0.960. The fourth-order valence-corrected chi connectivity index (χ4v) is 1.16. The molecule has 0 fully saturated rings. The summed E-state index contributed by atoms with van der Waals surface area (Å²) >= 11 is 5.48. The van der Waals surface area contributed by atoms with Crippen molar-refractivity contribution >= 4 is 17.4 Å². The topological polar surface area (TPSA) is 17.1 Å². The summed E-state index contributed by atoms with van der Waals surface area (Å²) < 4.78 is 25.5. The highest BCUT2D eigenvalue weighted by atomic mass is 35.5. The molecule has 0 aliphatic rings. The molecule has 0 radical (unpaired) electrons. The number of carbonyl (C=O) groups excluding carboxylic acids is 1. The molecule has 0 saturated carbocycles. The summed E-state index contributed by atoms with van der Waals surface area (Å²) in [6.45, 7) is 1.60. The highest BCUT2D eigenvalue weighted by Gasteiger charge is 2.13. The minimum Gasteiger partial charge on any atom is -0.294 e. The molecule has 0 bridgehead atoms. The Morgan fingerprint density at radius 2 is 2.08 bits per heavy atom. The third kappa shape index (κ3) is 2.04. The van der Waals surface area contributed by atoms with Gasteiger partial charge in [-0.25, -0.2) is 8.78 Å². The summed E-state index contributed by atoms with van der Waals surface area (Å²) in [5.74, 6) is -2.07. The van der Waals surface area contributed by atoms with Crippen LogP contribution in [0.5, 0.6) is 0 Å². The predicted octanol–water partition coefficient (Wildman–Crippen LogP) is 3.21. The summed E-state index contributed by atoms with van der Waals surface area (Å²) in [7, 11) is 0. The van der Waals surface area contributed by atoms with Crippen LogP contribution in [0.3, 0.4) is 0 Å². The van der Waals surface area contributed by atoms with Gasteiger partial charge in [-0.1, -0.05) is 18.5 Å². The molecule has 0 atom stereocenters. The number of hydrogen-bond acceptors (Lipinski definition) is 1. The number of rotatable bonds is 2. The lowest BCUT2D eigenvalue weighted by molar-refractivity contribution is 0.0987. The van der Waals surface area contributed by atoms with E-state index in [0.717, 1.165) is 6.07 Å². The first kappa shape index (κ1) is 10.1. The molecule has 4 heteroatoms. The Bertz CT molecular complexity index is 350. The highest BCUT2D eigenvalue weighted by Crippen LogP contribution is 2.22. The maximum absolute atomic E-state index is 12.8. The van der Waals surface area contributed by atoms with E-state index in [9.17, 15) is 13.6 Å². The molecule has 0 saturated heterocycles. The van der Waals surface area contributed by atoms with E-state index >= 15 is 0 Å². The second-order valence-corrected chi connectivity index (χ2v) is 2.90. The van der Waals surface area contributed by atoms with Crippen LogP contribution in [0.2, 0.25) is 5.02 Å². The lowest BCUT2D eigenvalue weighted by Crippen LogP contribution is -2.00. The molecule has 70 valence electrons. The van der Waals surface area contributed by atoms with E-state index in [1.807, 2.05) is 0 Å². The number of Topliss-reactive ketones (excluding diaryl/α,β-unsaturated/α-hetero) is 1. The van der Waals surface area contributed by atoms with Crippen LogP contribution >= 0.6 is 11.6 Å². The maximum atomic E-state index is 12.8. The van der Waals surface area contributed by atoms with Gasteiger partial charge >= 0.3 is 0 Å². The fourth-order valence-electron chi connectivity index (χ4n) is 0.949. The molecule has 1 aromatic carbocycles. The number of ketones is 1. The molecule has 0 spiro atoms. The molecule has 13 heavy (non-hydrogen) atoms. The van der Waals surface area contributed by atoms with Gasteiger partial charge in [0.05, 0.1) is 5.02 Å².